The maximum absolute atomic E-state index is 13.0. The third-order valence-corrected chi connectivity index (χ3v) is 7.26. The summed E-state index contributed by atoms with van der Waals surface area (Å²) in [7, 11) is 0. The van der Waals surface area contributed by atoms with Crippen LogP contribution in [0.4, 0.5) is 0 Å². The van der Waals surface area contributed by atoms with Crippen LogP contribution in [-0.4, -0.2) is 45.9 Å². The molecule has 33 heavy (non-hydrogen) atoms. The third kappa shape index (κ3) is 4.46. The Morgan fingerprint density at radius 2 is 1.82 bits per heavy atom. The van der Waals surface area contributed by atoms with Crippen LogP contribution in [0.25, 0.3) is 21.3 Å². The lowest BCUT2D eigenvalue weighted by Crippen LogP contribution is -2.47. The summed E-state index contributed by atoms with van der Waals surface area (Å²) in [5.74, 6) is 0.731. The number of nitrogens with one attached hydrogen (secondary N) is 1. The first kappa shape index (κ1) is 21.5. The molecule has 0 radical (unpaired) electrons. The molecular formula is C26H25N5OS. The summed E-state index contributed by atoms with van der Waals surface area (Å²) in [5, 5.41) is 11.7. The number of rotatable bonds is 5. The molecule has 1 atom stereocenters. The van der Waals surface area contributed by atoms with E-state index in [0.29, 0.717) is 10.9 Å². The molecule has 2 aromatic carbocycles. The molecule has 1 unspecified atom stereocenters. The summed E-state index contributed by atoms with van der Waals surface area (Å²) in [5.41, 5.74) is 3.83. The van der Waals surface area contributed by atoms with Gasteiger partial charge in [-0.1, -0.05) is 42.5 Å². The summed E-state index contributed by atoms with van der Waals surface area (Å²) < 4.78 is 0. The van der Waals surface area contributed by atoms with Crippen molar-refractivity contribution < 1.29 is 0 Å². The number of nitriles is 1. The number of nitrogens with zero attached hydrogens (tertiary/aromatic N) is 4. The van der Waals surface area contributed by atoms with Crippen molar-refractivity contribution in [2.24, 2.45) is 0 Å². The number of hydrogen-bond acceptors (Lipinski definition) is 6. The Labute approximate surface area is 196 Å². The maximum atomic E-state index is 13.0. The van der Waals surface area contributed by atoms with Gasteiger partial charge < -0.3 is 4.98 Å². The maximum Gasteiger partial charge on any atom is 0.260 e. The van der Waals surface area contributed by atoms with Crippen molar-refractivity contribution in [1.29, 1.82) is 5.26 Å². The van der Waals surface area contributed by atoms with E-state index >= 15 is 0 Å². The highest BCUT2D eigenvalue weighted by atomic mass is 32.1. The summed E-state index contributed by atoms with van der Waals surface area (Å²) in [6.07, 6.45) is 0. The second-order valence-electron chi connectivity index (χ2n) is 8.44. The second kappa shape index (κ2) is 9.28. The molecular weight excluding hydrogens is 430 g/mol. The minimum absolute atomic E-state index is 0.0430. The zero-order chi connectivity index (χ0) is 22.8. The molecule has 3 heterocycles. The van der Waals surface area contributed by atoms with E-state index in [2.05, 4.69) is 27.8 Å². The fraction of sp³-hybridized carbons (Fsp3) is 0.269. The van der Waals surface area contributed by atoms with Gasteiger partial charge in [0.25, 0.3) is 5.56 Å². The van der Waals surface area contributed by atoms with Crippen molar-refractivity contribution in [2.75, 3.05) is 26.2 Å². The van der Waals surface area contributed by atoms with E-state index in [0.717, 1.165) is 54.5 Å². The van der Waals surface area contributed by atoms with E-state index in [1.54, 1.807) is 0 Å². The van der Waals surface area contributed by atoms with Crippen molar-refractivity contribution >= 4 is 21.6 Å². The highest BCUT2D eigenvalue weighted by Gasteiger charge is 2.24. The fourth-order valence-electron chi connectivity index (χ4n) is 4.42. The zero-order valence-corrected chi connectivity index (χ0v) is 19.3. The largest absolute Gasteiger partial charge is 0.309 e. The van der Waals surface area contributed by atoms with Crippen LogP contribution >= 0.6 is 11.3 Å². The molecule has 1 fully saturated rings. The molecule has 0 amide bonds. The Morgan fingerprint density at radius 1 is 1.09 bits per heavy atom. The fourth-order valence-corrected chi connectivity index (χ4v) is 5.37. The molecule has 5 rings (SSSR count). The molecule has 0 spiro atoms. The SMILES string of the molecule is CC(c1nc2scc(-c3ccccc3)c2c(=O)[nH]1)N1CCN(Cc2ccc(C#N)cc2)CC1. The van der Waals surface area contributed by atoms with Crippen LogP contribution in [-0.2, 0) is 6.54 Å². The Hall–Kier alpha value is -3.31. The van der Waals surface area contributed by atoms with Crippen LogP contribution in [0.1, 0.15) is 29.9 Å². The summed E-state index contributed by atoms with van der Waals surface area (Å²) >= 11 is 1.53. The Kier molecular flexibility index (Phi) is 6.05. The van der Waals surface area contributed by atoms with E-state index in [1.165, 1.54) is 16.9 Å². The van der Waals surface area contributed by atoms with E-state index in [1.807, 2.05) is 60.0 Å². The van der Waals surface area contributed by atoms with Crippen molar-refractivity contribution in [3.8, 4) is 17.2 Å². The Morgan fingerprint density at radius 3 is 2.52 bits per heavy atom. The predicted molar refractivity (Wildman–Crippen MR) is 132 cm³/mol. The first-order valence-corrected chi connectivity index (χ1v) is 12.0. The topological polar surface area (TPSA) is 76.0 Å². The molecule has 1 aliphatic heterocycles. The molecule has 6 nitrogen and oxygen atoms in total. The molecule has 4 aromatic rings. The molecule has 7 heteroatoms. The van der Waals surface area contributed by atoms with Gasteiger partial charge >= 0.3 is 0 Å². The molecule has 1 aliphatic rings. The summed E-state index contributed by atoms with van der Waals surface area (Å²) in [6, 6.07) is 20.0. The Bertz CT molecular complexity index is 1350. The average molecular weight is 456 g/mol. The standard InChI is InChI=1S/C26H25N5OS/c1-18(31-13-11-30(12-14-31)16-20-9-7-19(15-27)8-10-20)24-28-25(32)23-22(17-33-26(23)29-24)21-5-3-2-4-6-21/h2-10,17-18H,11-14,16H2,1H3,(H,28,29,32). The van der Waals surface area contributed by atoms with Gasteiger partial charge in [-0.3, -0.25) is 14.6 Å². The normalized spacial score (nSPS) is 16.0. The molecule has 2 aromatic heterocycles. The van der Waals surface area contributed by atoms with Crippen LogP contribution < -0.4 is 5.56 Å². The lowest BCUT2D eigenvalue weighted by molar-refractivity contribution is 0.0948. The van der Waals surface area contributed by atoms with Crippen LogP contribution in [0.15, 0.2) is 64.8 Å². The van der Waals surface area contributed by atoms with Gasteiger partial charge in [0, 0.05) is 43.7 Å². The second-order valence-corrected chi connectivity index (χ2v) is 9.30. The quantitative estimate of drug-likeness (QED) is 0.483. The van der Waals surface area contributed by atoms with Crippen molar-refractivity contribution in [3.05, 3.63) is 87.3 Å². The molecule has 0 bridgehead atoms. The van der Waals surface area contributed by atoms with E-state index in [-0.39, 0.29) is 11.6 Å². The number of H-pyrrole nitrogens is 1. The first-order chi connectivity index (χ1) is 16.1. The molecule has 1 N–H and O–H groups in total. The van der Waals surface area contributed by atoms with Crippen LogP contribution in [0, 0.1) is 11.3 Å². The zero-order valence-electron chi connectivity index (χ0n) is 18.5. The third-order valence-electron chi connectivity index (χ3n) is 6.39. The lowest BCUT2D eigenvalue weighted by Gasteiger charge is -2.37. The number of hydrogen-bond donors (Lipinski definition) is 1. The highest BCUT2D eigenvalue weighted by molar-refractivity contribution is 7.17. The van der Waals surface area contributed by atoms with Gasteiger partial charge in [0.15, 0.2) is 0 Å². The number of fused-ring (bicyclic) bond motifs is 1. The number of aromatic nitrogens is 2. The van der Waals surface area contributed by atoms with Crippen LogP contribution in [0.3, 0.4) is 0 Å². The van der Waals surface area contributed by atoms with Crippen molar-refractivity contribution in [3.63, 3.8) is 0 Å². The monoisotopic (exact) mass is 455 g/mol. The van der Waals surface area contributed by atoms with Crippen molar-refractivity contribution in [1.82, 2.24) is 19.8 Å². The predicted octanol–water partition coefficient (Wildman–Crippen LogP) is 4.40. The molecule has 0 saturated carbocycles. The Balaban J connectivity index is 1.28. The molecule has 0 aliphatic carbocycles. The van der Waals surface area contributed by atoms with Gasteiger partial charge in [-0.05, 0) is 30.2 Å². The first-order valence-electron chi connectivity index (χ1n) is 11.1. The summed E-state index contributed by atoms with van der Waals surface area (Å²) in [4.78, 5) is 26.5. The number of thiophene rings is 1. The van der Waals surface area contributed by atoms with Gasteiger partial charge in [-0.2, -0.15) is 5.26 Å². The lowest BCUT2D eigenvalue weighted by atomic mass is 10.1. The smallest absolute Gasteiger partial charge is 0.260 e. The van der Waals surface area contributed by atoms with E-state index in [4.69, 9.17) is 10.2 Å². The van der Waals surface area contributed by atoms with E-state index < -0.39 is 0 Å². The number of benzene rings is 2. The van der Waals surface area contributed by atoms with Crippen LogP contribution in [0.5, 0.6) is 0 Å². The van der Waals surface area contributed by atoms with E-state index in [9.17, 15) is 4.79 Å². The van der Waals surface area contributed by atoms with Gasteiger partial charge in [0.05, 0.1) is 23.1 Å². The van der Waals surface area contributed by atoms with Gasteiger partial charge in [-0.25, -0.2) is 4.98 Å². The minimum Gasteiger partial charge on any atom is -0.309 e. The van der Waals surface area contributed by atoms with Gasteiger partial charge in [-0.15, -0.1) is 11.3 Å². The average Bonchev–Trinajstić information content (AvgIpc) is 3.30. The molecule has 166 valence electrons. The van der Waals surface area contributed by atoms with Crippen LogP contribution in [0.2, 0.25) is 0 Å². The highest BCUT2D eigenvalue weighted by Crippen LogP contribution is 2.31. The van der Waals surface area contributed by atoms with Gasteiger partial charge in [0.2, 0.25) is 0 Å². The van der Waals surface area contributed by atoms with Crippen molar-refractivity contribution in [2.45, 2.75) is 19.5 Å². The molecule has 1 saturated heterocycles. The number of aromatic amines is 1. The minimum atomic E-state index is -0.0681. The summed E-state index contributed by atoms with van der Waals surface area (Å²) in [6.45, 7) is 6.73. The number of piperazine rings is 1. The van der Waals surface area contributed by atoms with Gasteiger partial charge in [0.1, 0.15) is 10.7 Å².